The van der Waals surface area contributed by atoms with Crippen LogP contribution in [-0.2, 0) is 25.7 Å². The normalized spacial score (nSPS) is 11.1. The molecule has 91 valence electrons. The van der Waals surface area contributed by atoms with Gasteiger partial charge in [-0.1, -0.05) is 18.2 Å². The van der Waals surface area contributed by atoms with Gasteiger partial charge in [-0.15, -0.1) is 0 Å². The molecule has 1 radical (unpaired) electrons. The Bertz CT molecular complexity index is 497. The summed E-state index contributed by atoms with van der Waals surface area (Å²) in [5, 5.41) is 3.22. The number of aryl methyl sites for hydroxylation is 1. The summed E-state index contributed by atoms with van der Waals surface area (Å²) in [6.07, 6.45) is -2.23. The van der Waals surface area contributed by atoms with Gasteiger partial charge in [-0.25, -0.2) is 0 Å². The monoisotopic (exact) mass is 329 g/mol. The summed E-state index contributed by atoms with van der Waals surface area (Å²) < 4.78 is 42.4. The Morgan fingerprint density at radius 1 is 1.29 bits per heavy atom. The van der Waals surface area contributed by atoms with Crippen molar-refractivity contribution < 1.29 is 37.2 Å². The second-order valence-corrected chi connectivity index (χ2v) is 3.23. The minimum absolute atomic E-state index is 0. The molecule has 1 aromatic heterocycles. The Labute approximate surface area is 108 Å². The van der Waals surface area contributed by atoms with E-state index in [0.29, 0.717) is 0 Å². The van der Waals surface area contributed by atoms with E-state index in [2.05, 4.69) is 21.0 Å². The first-order chi connectivity index (χ1) is 7.48. The molecule has 2 aromatic rings. The van der Waals surface area contributed by atoms with Crippen LogP contribution in [0.4, 0.5) is 13.2 Å². The van der Waals surface area contributed by atoms with Crippen molar-refractivity contribution in [2.45, 2.75) is 13.1 Å². The zero-order valence-electron chi connectivity index (χ0n) is 8.52. The SMILES string of the molecule is Cc1ccc(-c2n[c-]no2)cc1C(F)(F)F.[Ru+]. The zero-order valence-corrected chi connectivity index (χ0v) is 10.3. The molecule has 0 atom stereocenters. The molecule has 0 spiro atoms. The molecular formula is C10H6F3N2ORu. The van der Waals surface area contributed by atoms with Crippen molar-refractivity contribution in [3.63, 3.8) is 0 Å². The van der Waals surface area contributed by atoms with Crippen molar-refractivity contribution in [3.05, 3.63) is 35.7 Å². The molecule has 0 saturated carbocycles. The predicted octanol–water partition coefficient (Wildman–Crippen LogP) is 2.86. The van der Waals surface area contributed by atoms with Crippen LogP contribution in [0.2, 0.25) is 0 Å². The average Bonchev–Trinajstić information content (AvgIpc) is 2.69. The van der Waals surface area contributed by atoms with Gasteiger partial charge < -0.3 is 9.51 Å². The van der Waals surface area contributed by atoms with Gasteiger partial charge in [0, 0.05) is 0 Å². The molecule has 0 aliphatic carbocycles. The van der Waals surface area contributed by atoms with Crippen LogP contribution in [0.1, 0.15) is 11.1 Å². The van der Waals surface area contributed by atoms with Gasteiger partial charge in [0.15, 0.2) is 0 Å². The fourth-order valence-corrected chi connectivity index (χ4v) is 1.33. The quantitative estimate of drug-likeness (QED) is 0.597. The van der Waals surface area contributed by atoms with Crippen molar-refractivity contribution in [2.24, 2.45) is 0 Å². The van der Waals surface area contributed by atoms with Gasteiger partial charge in [0.2, 0.25) is 0 Å². The first-order valence-electron chi connectivity index (χ1n) is 4.36. The molecule has 3 nitrogen and oxygen atoms in total. The third-order valence-corrected chi connectivity index (χ3v) is 2.11. The molecule has 0 saturated heterocycles. The van der Waals surface area contributed by atoms with Crippen LogP contribution < -0.4 is 0 Å². The summed E-state index contributed by atoms with van der Waals surface area (Å²) >= 11 is 0. The summed E-state index contributed by atoms with van der Waals surface area (Å²) in [5.41, 5.74) is -0.324. The molecule has 0 N–H and O–H groups in total. The predicted molar refractivity (Wildman–Crippen MR) is 48.3 cm³/mol. The van der Waals surface area contributed by atoms with Gasteiger partial charge in [-0.2, -0.15) is 18.3 Å². The summed E-state index contributed by atoms with van der Waals surface area (Å²) in [7, 11) is 0. The van der Waals surface area contributed by atoms with Crippen molar-refractivity contribution in [1.82, 2.24) is 10.1 Å². The summed E-state index contributed by atoms with van der Waals surface area (Å²) in [4.78, 5) is 3.57. The smallest absolute Gasteiger partial charge is 0.445 e. The zero-order chi connectivity index (χ0) is 11.8. The van der Waals surface area contributed by atoms with Crippen LogP contribution in [0, 0.1) is 13.3 Å². The molecule has 0 aliphatic heterocycles. The molecule has 1 heterocycles. The van der Waals surface area contributed by atoms with Gasteiger partial charge in [0.25, 0.3) is 0 Å². The number of rotatable bonds is 1. The number of halogens is 3. The third-order valence-electron chi connectivity index (χ3n) is 2.11. The van der Waals surface area contributed by atoms with E-state index in [1.807, 2.05) is 0 Å². The largest absolute Gasteiger partial charge is 1.00 e. The minimum atomic E-state index is -4.39. The summed E-state index contributed by atoms with van der Waals surface area (Å²) in [5.74, 6) is 0.0190. The van der Waals surface area contributed by atoms with Crippen molar-refractivity contribution in [3.8, 4) is 11.5 Å². The second-order valence-electron chi connectivity index (χ2n) is 3.23. The molecule has 17 heavy (non-hydrogen) atoms. The van der Waals surface area contributed by atoms with Gasteiger partial charge in [-0.05, 0) is 24.4 Å². The van der Waals surface area contributed by atoms with E-state index < -0.39 is 11.7 Å². The maximum absolute atomic E-state index is 12.6. The number of aromatic nitrogens is 2. The molecule has 0 amide bonds. The van der Waals surface area contributed by atoms with Gasteiger partial charge in [-0.3, -0.25) is 0 Å². The van der Waals surface area contributed by atoms with E-state index in [9.17, 15) is 13.2 Å². The first kappa shape index (κ1) is 13.8. The maximum Gasteiger partial charge on any atom is 1.00 e. The molecule has 2 rings (SSSR count). The first-order valence-corrected chi connectivity index (χ1v) is 4.36. The van der Waals surface area contributed by atoms with E-state index in [4.69, 9.17) is 0 Å². The number of benzene rings is 1. The number of nitrogens with zero attached hydrogens (tertiary/aromatic N) is 2. The molecule has 0 aliphatic rings. The summed E-state index contributed by atoms with van der Waals surface area (Å²) in [6, 6.07) is 3.84. The van der Waals surface area contributed by atoms with E-state index in [1.54, 1.807) is 0 Å². The van der Waals surface area contributed by atoms with Crippen LogP contribution in [0.5, 0.6) is 0 Å². The van der Waals surface area contributed by atoms with Crippen molar-refractivity contribution in [2.75, 3.05) is 0 Å². The van der Waals surface area contributed by atoms with Crippen LogP contribution in [0.3, 0.4) is 0 Å². The molecule has 0 bridgehead atoms. The maximum atomic E-state index is 12.6. The van der Waals surface area contributed by atoms with Gasteiger partial charge >= 0.3 is 25.7 Å². The Morgan fingerprint density at radius 2 is 2.00 bits per heavy atom. The minimum Gasteiger partial charge on any atom is -0.445 e. The molecule has 0 fully saturated rings. The Hall–Kier alpha value is -1.23. The number of alkyl halides is 3. The van der Waals surface area contributed by atoms with Crippen molar-refractivity contribution >= 4 is 0 Å². The van der Waals surface area contributed by atoms with E-state index >= 15 is 0 Å². The van der Waals surface area contributed by atoms with Crippen molar-refractivity contribution in [1.29, 1.82) is 0 Å². The van der Waals surface area contributed by atoms with E-state index in [1.165, 1.54) is 19.1 Å². The number of hydrogen-bond acceptors (Lipinski definition) is 3. The Morgan fingerprint density at radius 3 is 2.53 bits per heavy atom. The topological polar surface area (TPSA) is 38.9 Å². The van der Waals surface area contributed by atoms with Gasteiger partial charge in [0.05, 0.1) is 11.5 Å². The second kappa shape index (κ2) is 4.96. The molecule has 0 unspecified atom stereocenters. The third kappa shape index (κ3) is 2.91. The molecule has 7 heteroatoms. The molecule has 1 aromatic carbocycles. The molecular weight excluding hydrogens is 322 g/mol. The summed E-state index contributed by atoms with van der Waals surface area (Å²) in [6.45, 7) is 1.40. The van der Waals surface area contributed by atoms with E-state index in [0.717, 1.165) is 6.07 Å². The van der Waals surface area contributed by atoms with E-state index in [-0.39, 0.29) is 36.5 Å². The van der Waals surface area contributed by atoms with Crippen LogP contribution in [-0.4, -0.2) is 10.1 Å². The number of hydrogen-bond donors (Lipinski definition) is 0. The fraction of sp³-hybridized carbons (Fsp3) is 0.200. The van der Waals surface area contributed by atoms with Crippen LogP contribution in [0.15, 0.2) is 22.7 Å². The van der Waals surface area contributed by atoms with Crippen LogP contribution in [0.25, 0.3) is 11.5 Å². The van der Waals surface area contributed by atoms with Crippen LogP contribution >= 0.6 is 0 Å². The Kier molecular flexibility index (Phi) is 4.04. The van der Waals surface area contributed by atoms with Gasteiger partial charge in [0.1, 0.15) is 0 Å². The standard InChI is InChI=1S/C10H6F3N2O.Ru/c1-6-2-3-7(9-14-5-15-16-9)4-8(6)10(11,12)13;/h2-4H,1H3;/q-1;+1. The Balaban J connectivity index is 0.00000144. The average molecular weight is 328 g/mol. The fourth-order valence-electron chi connectivity index (χ4n) is 1.33.